The van der Waals surface area contributed by atoms with E-state index < -0.39 is 5.54 Å². The van der Waals surface area contributed by atoms with Gasteiger partial charge in [-0.3, -0.25) is 14.5 Å². The second-order valence-corrected chi connectivity index (χ2v) is 9.56. The third-order valence-corrected chi connectivity index (χ3v) is 7.15. The number of carbonyl (C=O) groups excluding carboxylic acids is 2. The summed E-state index contributed by atoms with van der Waals surface area (Å²) in [7, 11) is 0. The van der Waals surface area contributed by atoms with Crippen molar-refractivity contribution >= 4 is 28.6 Å². The molecule has 2 aromatic heterocycles. The molecule has 7 heteroatoms. The van der Waals surface area contributed by atoms with Crippen LogP contribution in [0.3, 0.4) is 0 Å². The largest absolute Gasteiger partial charge is 0.494 e. The Bertz CT molecular complexity index is 1170. The number of benzene rings is 1. The number of rotatable bonds is 5. The van der Waals surface area contributed by atoms with Gasteiger partial charge in [0.15, 0.2) is 5.58 Å². The standard InChI is InChI=1S/C26H31N3O4/c1-4-32-20-11-9-19(10-12-20)29-24(30)22-15-23-21(13-14-33-23)28(22)16-26(29,3)25(31)27-18-7-5-17(2)6-8-18/h9-15,17-18H,4-8,16H2,1-3H3,(H,27,31). The fourth-order valence-corrected chi connectivity index (χ4v) is 5.22. The Kier molecular flexibility index (Phi) is 5.43. The first-order valence-corrected chi connectivity index (χ1v) is 11.9. The maximum absolute atomic E-state index is 13.8. The summed E-state index contributed by atoms with van der Waals surface area (Å²) in [5.74, 6) is 1.09. The lowest BCUT2D eigenvalue weighted by molar-refractivity contribution is -0.127. The van der Waals surface area contributed by atoms with Crippen molar-refractivity contribution in [1.82, 2.24) is 9.88 Å². The van der Waals surface area contributed by atoms with E-state index in [9.17, 15) is 9.59 Å². The molecule has 1 saturated carbocycles. The number of fused-ring (bicyclic) bond motifs is 3. The van der Waals surface area contributed by atoms with Crippen LogP contribution >= 0.6 is 0 Å². The van der Waals surface area contributed by atoms with Gasteiger partial charge in [0.05, 0.1) is 24.9 Å². The molecule has 0 saturated heterocycles. The predicted octanol–water partition coefficient (Wildman–Crippen LogP) is 4.75. The van der Waals surface area contributed by atoms with Gasteiger partial charge in [-0.05, 0) is 69.7 Å². The highest BCUT2D eigenvalue weighted by molar-refractivity contribution is 6.13. The summed E-state index contributed by atoms with van der Waals surface area (Å²) in [5, 5.41) is 3.27. The first kappa shape index (κ1) is 21.6. The molecule has 0 bridgehead atoms. The summed E-state index contributed by atoms with van der Waals surface area (Å²) in [6, 6.07) is 11.1. The fourth-order valence-electron chi connectivity index (χ4n) is 5.22. The lowest BCUT2D eigenvalue weighted by atomic mass is 9.86. The average Bonchev–Trinajstić information content (AvgIpc) is 3.39. The smallest absolute Gasteiger partial charge is 0.276 e. The van der Waals surface area contributed by atoms with Crippen molar-refractivity contribution in [2.24, 2.45) is 5.92 Å². The molecule has 0 spiro atoms. The van der Waals surface area contributed by atoms with Crippen LogP contribution in [0.15, 0.2) is 47.1 Å². The van der Waals surface area contributed by atoms with E-state index in [0.717, 1.165) is 36.9 Å². The van der Waals surface area contributed by atoms with Crippen LogP contribution < -0.4 is 15.0 Å². The highest BCUT2D eigenvalue weighted by Gasteiger charge is 2.49. The van der Waals surface area contributed by atoms with Crippen molar-refractivity contribution in [3.8, 4) is 5.75 Å². The maximum Gasteiger partial charge on any atom is 0.276 e. The van der Waals surface area contributed by atoms with Gasteiger partial charge >= 0.3 is 0 Å². The van der Waals surface area contributed by atoms with Crippen molar-refractivity contribution in [3.05, 3.63) is 48.4 Å². The van der Waals surface area contributed by atoms with E-state index in [-0.39, 0.29) is 17.9 Å². The Morgan fingerprint density at radius 3 is 2.61 bits per heavy atom. The molecule has 3 aromatic rings. The summed E-state index contributed by atoms with van der Waals surface area (Å²) < 4.78 is 13.0. The molecule has 1 atom stereocenters. The number of nitrogens with zero attached hydrogens (tertiary/aromatic N) is 2. The minimum Gasteiger partial charge on any atom is -0.494 e. The first-order chi connectivity index (χ1) is 15.9. The molecule has 1 N–H and O–H groups in total. The molecule has 1 fully saturated rings. The number of anilines is 1. The Morgan fingerprint density at radius 1 is 1.18 bits per heavy atom. The van der Waals surface area contributed by atoms with Gasteiger partial charge in [-0.2, -0.15) is 0 Å². The molecule has 1 aliphatic heterocycles. The summed E-state index contributed by atoms with van der Waals surface area (Å²) >= 11 is 0. The Morgan fingerprint density at radius 2 is 1.91 bits per heavy atom. The number of nitrogens with one attached hydrogen (secondary N) is 1. The zero-order valence-corrected chi connectivity index (χ0v) is 19.5. The van der Waals surface area contributed by atoms with E-state index in [1.165, 1.54) is 0 Å². The first-order valence-electron chi connectivity index (χ1n) is 11.9. The molecular formula is C26H31N3O4. The highest BCUT2D eigenvalue weighted by atomic mass is 16.5. The van der Waals surface area contributed by atoms with Crippen molar-refractivity contribution in [1.29, 1.82) is 0 Å². The lowest BCUT2D eigenvalue weighted by Gasteiger charge is -2.44. The van der Waals surface area contributed by atoms with Crippen molar-refractivity contribution in [2.45, 2.75) is 64.6 Å². The molecule has 7 nitrogen and oxygen atoms in total. The minimum absolute atomic E-state index is 0.125. The van der Waals surface area contributed by atoms with E-state index in [0.29, 0.717) is 36.0 Å². The molecule has 5 rings (SSSR count). The van der Waals surface area contributed by atoms with Crippen LogP contribution in [-0.2, 0) is 11.3 Å². The van der Waals surface area contributed by atoms with Gasteiger partial charge in [0.25, 0.3) is 5.91 Å². The number of hydrogen-bond acceptors (Lipinski definition) is 4. The quantitative estimate of drug-likeness (QED) is 0.610. The van der Waals surface area contributed by atoms with Crippen LogP contribution in [0.5, 0.6) is 5.75 Å². The fraction of sp³-hybridized carbons (Fsp3) is 0.462. The number of aromatic nitrogens is 1. The average molecular weight is 450 g/mol. The van der Waals surface area contributed by atoms with E-state index in [2.05, 4.69) is 12.2 Å². The predicted molar refractivity (Wildman–Crippen MR) is 127 cm³/mol. The lowest BCUT2D eigenvalue weighted by Crippen LogP contribution is -2.65. The molecule has 33 heavy (non-hydrogen) atoms. The highest BCUT2D eigenvalue weighted by Crippen LogP contribution is 2.37. The van der Waals surface area contributed by atoms with Gasteiger partial charge in [0, 0.05) is 23.9 Å². The molecule has 2 aliphatic rings. The number of amides is 2. The van der Waals surface area contributed by atoms with Crippen LogP contribution in [-0.4, -0.2) is 34.6 Å². The van der Waals surface area contributed by atoms with Crippen molar-refractivity contribution < 1.29 is 18.7 Å². The Labute approximate surface area is 193 Å². The Hall–Kier alpha value is -3.22. The SMILES string of the molecule is CCOc1ccc(N2C(=O)c3cc4occc4n3CC2(C)C(=O)NC2CCC(C)CC2)cc1. The number of ether oxygens (including phenoxy) is 1. The number of carbonyl (C=O) groups is 2. The van der Waals surface area contributed by atoms with Gasteiger partial charge in [-0.1, -0.05) is 6.92 Å². The second kappa shape index (κ2) is 8.28. The van der Waals surface area contributed by atoms with E-state index in [1.54, 1.807) is 17.2 Å². The number of hydrogen-bond donors (Lipinski definition) is 1. The van der Waals surface area contributed by atoms with Crippen LogP contribution in [0.25, 0.3) is 11.1 Å². The van der Waals surface area contributed by atoms with Crippen molar-refractivity contribution in [3.63, 3.8) is 0 Å². The second-order valence-electron chi connectivity index (χ2n) is 9.56. The zero-order chi connectivity index (χ0) is 23.2. The van der Waals surface area contributed by atoms with Crippen LogP contribution in [0.2, 0.25) is 0 Å². The molecule has 1 aromatic carbocycles. The third kappa shape index (κ3) is 3.69. The molecule has 1 unspecified atom stereocenters. The zero-order valence-electron chi connectivity index (χ0n) is 19.5. The van der Waals surface area contributed by atoms with Crippen LogP contribution in [0, 0.1) is 5.92 Å². The van der Waals surface area contributed by atoms with Gasteiger partial charge in [-0.15, -0.1) is 0 Å². The normalized spacial score (nSPS) is 25.2. The van der Waals surface area contributed by atoms with Gasteiger partial charge in [0.2, 0.25) is 5.91 Å². The van der Waals surface area contributed by atoms with Crippen molar-refractivity contribution in [2.75, 3.05) is 11.5 Å². The van der Waals surface area contributed by atoms with Gasteiger partial charge in [-0.25, -0.2) is 0 Å². The molecule has 0 radical (unpaired) electrons. The minimum atomic E-state index is -1.09. The molecular weight excluding hydrogens is 418 g/mol. The van der Waals surface area contributed by atoms with Gasteiger partial charge < -0.3 is 19.0 Å². The maximum atomic E-state index is 13.8. The summed E-state index contributed by atoms with van der Waals surface area (Å²) in [5.41, 5.74) is 1.58. The molecule has 2 amide bonds. The van der Waals surface area contributed by atoms with E-state index in [4.69, 9.17) is 9.15 Å². The Balaban J connectivity index is 1.53. The molecule has 3 heterocycles. The molecule has 174 valence electrons. The third-order valence-electron chi connectivity index (χ3n) is 7.15. The summed E-state index contributed by atoms with van der Waals surface area (Å²) in [6.07, 6.45) is 5.78. The van der Waals surface area contributed by atoms with E-state index >= 15 is 0 Å². The van der Waals surface area contributed by atoms with Crippen LogP contribution in [0.1, 0.15) is 56.9 Å². The summed E-state index contributed by atoms with van der Waals surface area (Å²) in [6.45, 7) is 6.96. The topological polar surface area (TPSA) is 76.7 Å². The monoisotopic (exact) mass is 449 g/mol. The number of furan rings is 1. The van der Waals surface area contributed by atoms with Gasteiger partial charge in [0.1, 0.15) is 17.0 Å². The molecule has 1 aliphatic carbocycles. The van der Waals surface area contributed by atoms with Crippen LogP contribution in [0.4, 0.5) is 5.69 Å². The summed E-state index contributed by atoms with van der Waals surface area (Å²) in [4.78, 5) is 29.2. The van der Waals surface area contributed by atoms with E-state index in [1.807, 2.05) is 48.7 Å².